The second-order valence-electron chi connectivity index (χ2n) is 9.08. The monoisotopic (exact) mass is 431 g/mol. The molecule has 1 aromatic carbocycles. The molecule has 31 heavy (non-hydrogen) atoms. The molecule has 3 amide bonds. The maximum Gasteiger partial charge on any atom is 0.319 e. The van der Waals surface area contributed by atoms with Gasteiger partial charge in [-0.15, -0.1) is 0 Å². The Bertz CT molecular complexity index is 808. The molecule has 2 aliphatic heterocycles. The number of hydrogen-bond donors (Lipinski definition) is 3. The quantitative estimate of drug-likeness (QED) is 0.666. The second-order valence-corrected chi connectivity index (χ2v) is 9.08. The molecule has 0 bridgehead atoms. The molecule has 1 saturated heterocycles. The van der Waals surface area contributed by atoms with Crippen molar-refractivity contribution in [3.63, 3.8) is 0 Å². The summed E-state index contributed by atoms with van der Waals surface area (Å²) < 4.78 is 12.1. The van der Waals surface area contributed by atoms with Crippen LogP contribution in [0.15, 0.2) is 18.2 Å². The number of nitrogens with zero attached hydrogens (tertiary/aromatic N) is 1. The van der Waals surface area contributed by atoms with Crippen molar-refractivity contribution < 1.29 is 24.2 Å². The first-order chi connectivity index (χ1) is 14.9. The number of ether oxygens (including phenoxy) is 2. The zero-order valence-electron chi connectivity index (χ0n) is 18.3. The third kappa shape index (κ3) is 4.96. The smallest absolute Gasteiger partial charge is 0.319 e. The van der Waals surface area contributed by atoms with Gasteiger partial charge in [-0.1, -0.05) is 19.3 Å². The largest absolute Gasteiger partial charge is 0.487 e. The van der Waals surface area contributed by atoms with Crippen molar-refractivity contribution >= 4 is 17.6 Å². The van der Waals surface area contributed by atoms with Gasteiger partial charge in [-0.25, -0.2) is 4.79 Å². The van der Waals surface area contributed by atoms with Gasteiger partial charge in [-0.3, -0.25) is 4.79 Å². The summed E-state index contributed by atoms with van der Waals surface area (Å²) in [5, 5.41) is 15.9. The van der Waals surface area contributed by atoms with Crippen LogP contribution in [-0.2, 0) is 9.53 Å². The van der Waals surface area contributed by atoms with Crippen molar-refractivity contribution in [1.82, 2.24) is 10.2 Å². The van der Waals surface area contributed by atoms with Gasteiger partial charge in [0.2, 0.25) is 5.91 Å². The molecule has 170 valence electrons. The minimum atomic E-state index is -0.489. The molecule has 0 unspecified atom stereocenters. The topological polar surface area (TPSA) is 100 Å². The van der Waals surface area contributed by atoms with E-state index in [0.717, 1.165) is 37.0 Å². The fourth-order valence-corrected chi connectivity index (χ4v) is 4.94. The molecule has 1 aliphatic carbocycles. The zero-order valence-corrected chi connectivity index (χ0v) is 18.3. The lowest BCUT2D eigenvalue weighted by atomic mass is 9.84. The van der Waals surface area contributed by atoms with E-state index >= 15 is 0 Å². The number of fused-ring (bicyclic) bond motifs is 3. The van der Waals surface area contributed by atoms with Crippen molar-refractivity contribution in [3.8, 4) is 5.75 Å². The van der Waals surface area contributed by atoms with Crippen LogP contribution >= 0.6 is 0 Å². The lowest BCUT2D eigenvalue weighted by Crippen LogP contribution is -2.47. The molecule has 1 aromatic rings. The number of amides is 3. The highest BCUT2D eigenvalue weighted by Crippen LogP contribution is 2.47. The summed E-state index contributed by atoms with van der Waals surface area (Å²) in [5.74, 6) is 0.743. The molecule has 2 fully saturated rings. The van der Waals surface area contributed by atoms with E-state index in [1.54, 1.807) is 19.0 Å². The molecule has 8 nitrogen and oxygen atoms in total. The van der Waals surface area contributed by atoms with Crippen molar-refractivity contribution in [2.45, 2.75) is 75.2 Å². The normalized spacial score (nSPS) is 27.6. The molecule has 0 spiro atoms. The summed E-state index contributed by atoms with van der Waals surface area (Å²) >= 11 is 0. The molecule has 0 radical (unpaired) electrons. The number of aliphatic hydroxyl groups is 1. The fraction of sp³-hybridized carbons (Fsp3) is 0.652. The molecule has 3 N–H and O–H groups in total. The van der Waals surface area contributed by atoms with Gasteiger partial charge in [0.1, 0.15) is 18.0 Å². The van der Waals surface area contributed by atoms with Crippen molar-refractivity contribution in [2.24, 2.45) is 0 Å². The van der Waals surface area contributed by atoms with Gasteiger partial charge in [-0.2, -0.15) is 0 Å². The van der Waals surface area contributed by atoms with E-state index in [1.807, 2.05) is 18.2 Å². The number of rotatable bonds is 5. The number of carbonyl (C=O) groups excluding carboxylic acids is 2. The first-order valence-electron chi connectivity index (χ1n) is 11.3. The van der Waals surface area contributed by atoms with E-state index in [4.69, 9.17) is 9.47 Å². The Balaban J connectivity index is 1.45. The number of carbonyl (C=O) groups is 2. The molecule has 4 rings (SSSR count). The Morgan fingerprint density at radius 3 is 2.68 bits per heavy atom. The highest BCUT2D eigenvalue weighted by molar-refractivity contribution is 5.89. The zero-order chi connectivity index (χ0) is 22.0. The maximum absolute atomic E-state index is 12.5. The molecule has 4 atom stereocenters. The van der Waals surface area contributed by atoms with E-state index in [0.29, 0.717) is 12.1 Å². The van der Waals surface area contributed by atoms with Crippen molar-refractivity contribution in [1.29, 1.82) is 0 Å². The first-order valence-corrected chi connectivity index (χ1v) is 11.3. The lowest BCUT2D eigenvalue weighted by Gasteiger charge is -2.37. The third-order valence-corrected chi connectivity index (χ3v) is 6.60. The van der Waals surface area contributed by atoms with Crippen LogP contribution in [0.1, 0.15) is 56.4 Å². The summed E-state index contributed by atoms with van der Waals surface area (Å²) in [6.07, 6.45) is 5.46. The number of benzene rings is 1. The Labute approximate surface area is 183 Å². The number of anilines is 1. The van der Waals surface area contributed by atoms with Crippen LogP contribution in [0.4, 0.5) is 10.5 Å². The third-order valence-electron chi connectivity index (χ3n) is 6.60. The Morgan fingerprint density at radius 1 is 1.19 bits per heavy atom. The van der Waals surface area contributed by atoms with E-state index in [-0.39, 0.29) is 49.1 Å². The van der Waals surface area contributed by atoms with E-state index in [1.165, 1.54) is 6.42 Å². The van der Waals surface area contributed by atoms with Crippen molar-refractivity contribution in [3.05, 3.63) is 23.8 Å². The Morgan fingerprint density at radius 2 is 1.97 bits per heavy atom. The Hall–Kier alpha value is -2.32. The molecule has 8 heteroatoms. The maximum atomic E-state index is 12.5. The van der Waals surface area contributed by atoms with Crippen LogP contribution in [0.5, 0.6) is 5.75 Å². The highest BCUT2D eigenvalue weighted by atomic mass is 16.6. The Kier molecular flexibility index (Phi) is 6.67. The van der Waals surface area contributed by atoms with Gasteiger partial charge in [0.05, 0.1) is 19.1 Å². The number of urea groups is 1. The molecule has 0 aromatic heterocycles. The predicted molar refractivity (Wildman–Crippen MR) is 116 cm³/mol. The predicted octanol–water partition coefficient (Wildman–Crippen LogP) is 2.61. The SMILES string of the molecule is CN(C)C(=O)C[C@H]1C[C@@H]2c3cc(NC(=O)NC4CCCCC4)ccc3O[C@@H]2[C@@H](CO)O1. The van der Waals surface area contributed by atoms with Gasteiger partial charge < -0.3 is 30.1 Å². The molecule has 3 aliphatic rings. The summed E-state index contributed by atoms with van der Waals surface area (Å²) in [6.45, 7) is -0.170. The summed E-state index contributed by atoms with van der Waals surface area (Å²) in [5.41, 5.74) is 1.70. The van der Waals surface area contributed by atoms with Crippen molar-refractivity contribution in [2.75, 3.05) is 26.0 Å². The minimum Gasteiger partial charge on any atom is -0.487 e. The molecule has 2 heterocycles. The van der Waals surface area contributed by atoms with Gasteiger partial charge >= 0.3 is 6.03 Å². The fourth-order valence-electron chi connectivity index (χ4n) is 4.94. The lowest BCUT2D eigenvalue weighted by molar-refractivity contribution is -0.147. The van der Waals surface area contributed by atoms with Gasteiger partial charge in [0.25, 0.3) is 0 Å². The second kappa shape index (κ2) is 9.44. The molecular formula is C23H33N3O5. The summed E-state index contributed by atoms with van der Waals surface area (Å²) in [4.78, 5) is 26.2. The van der Waals surface area contributed by atoms with Crippen LogP contribution in [-0.4, -0.2) is 67.0 Å². The average molecular weight is 432 g/mol. The van der Waals surface area contributed by atoms with E-state index in [2.05, 4.69) is 10.6 Å². The molecule has 1 saturated carbocycles. The number of hydrogen-bond acceptors (Lipinski definition) is 5. The highest BCUT2D eigenvalue weighted by Gasteiger charge is 2.46. The summed E-state index contributed by atoms with van der Waals surface area (Å²) in [7, 11) is 3.45. The summed E-state index contributed by atoms with van der Waals surface area (Å²) in [6, 6.07) is 5.70. The standard InChI is InChI=1S/C23H33N3O5/c1-26(2)21(28)12-16-11-18-17-10-15(25-23(29)24-14-6-4-3-5-7-14)8-9-19(17)31-22(18)20(13-27)30-16/h8-10,14,16,18,20,22,27H,3-7,11-13H2,1-2H3,(H2,24,25,29)/t16-,18-,20-,22+/m1/s1. The van der Waals surface area contributed by atoms with Crippen LogP contribution in [0, 0.1) is 0 Å². The van der Waals surface area contributed by atoms with Crippen LogP contribution in [0.3, 0.4) is 0 Å². The number of nitrogens with one attached hydrogen (secondary N) is 2. The van der Waals surface area contributed by atoms with Crippen LogP contribution in [0.25, 0.3) is 0 Å². The van der Waals surface area contributed by atoms with Gasteiger partial charge in [0, 0.05) is 37.3 Å². The first kappa shape index (κ1) is 21.9. The van der Waals surface area contributed by atoms with Crippen LogP contribution < -0.4 is 15.4 Å². The van der Waals surface area contributed by atoms with E-state index < -0.39 is 6.10 Å². The molecular weight excluding hydrogens is 398 g/mol. The average Bonchev–Trinajstić information content (AvgIpc) is 3.11. The van der Waals surface area contributed by atoms with E-state index in [9.17, 15) is 14.7 Å². The number of aliphatic hydroxyl groups excluding tert-OH is 1. The minimum absolute atomic E-state index is 0.00372. The van der Waals surface area contributed by atoms with Crippen LogP contribution in [0.2, 0.25) is 0 Å². The van der Waals surface area contributed by atoms with Gasteiger partial charge in [-0.05, 0) is 37.5 Å². The van der Waals surface area contributed by atoms with Gasteiger partial charge in [0.15, 0.2) is 0 Å².